The zero-order chi connectivity index (χ0) is 34.6. The molecule has 0 saturated heterocycles. The number of para-hydroxylation sites is 1. The van der Waals surface area contributed by atoms with Crippen molar-refractivity contribution in [3.63, 3.8) is 0 Å². The van der Waals surface area contributed by atoms with Gasteiger partial charge in [-0.15, -0.1) is 0 Å². The van der Waals surface area contributed by atoms with Gasteiger partial charge in [-0.3, -0.25) is 0 Å². The number of hydrogen-bond donors (Lipinski definition) is 0. The molecular formula is C50H34N2. The minimum atomic E-state index is -0.0875. The monoisotopic (exact) mass is 662 g/mol. The van der Waals surface area contributed by atoms with Crippen molar-refractivity contribution in [2.75, 3.05) is 0 Å². The molecule has 2 nitrogen and oxygen atoms in total. The Morgan fingerprint density at radius 1 is 0.385 bits per heavy atom. The summed E-state index contributed by atoms with van der Waals surface area (Å²) in [5.41, 5.74) is 13.0. The molecule has 244 valence electrons. The van der Waals surface area contributed by atoms with E-state index in [2.05, 4.69) is 188 Å². The molecule has 0 aliphatic heterocycles. The van der Waals surface area contributed by atoms with Crippen molar-refractivity contribution in [2.45, 2.75) is 19.3 Å². The van der Waals surface area contributed by atoms with E-state index >= 15 is 0 Å². The first-order valence-electron chi connectivity index (χ1n) is 18.1. The van der Waals surface area contributed by atoms with Gasteiger partial charge in [0.2, 0.25) is 0 Å². The normalized spacial score (nSPS) is 13.3. The molecule has 52 heavy (non-hydrogen) atoms. The minimum absolute atomic E-state index is 0.0875. The quantitative estimate of drug-likeness (QED) is 0.172. The van der Waals surface area contributed by atoms with Crippen LogP contribution in [-0.2, 0) is 5.41 Å². The van der Waals surface area contributed by atoms with Crippen LogP contribution < -0.4 is 0 Å². The Morgan fingerprint density at radius 2 is 0.923 bits per heavy atom. The lowest BCUT2D eigenvalue weighted by Gasteiger charge is -2.22. The summed E-state index contributed by atoms with van der Waals surface area (Å²) < 4.78 is 2.46. The first-order chi connectivity index (χ1) is 25.5. The van der Waals surface area contributed by atoms with E-state index in [1.54, 1.807) is 0 Å². The molecule has 11 rings (SSSR count). The molecule has 0 spiro atoms. The summed E-state index contributed by atoms with van der Waals surface area (Å²) in [4.78, 5) is 5.22. The Morgan fingerprint density at radius 3 is 1.62 bits per heavy atom. The highest BCUT2D eigenvalue weighted by molar-refractivity contribution is 6.29. The zero-order valence-electron chi connectivity index (χ0n) is 29.1. The molecule has 1 aliphatic carbocycles. The third kappa shape index (κ3) is 4.09. The van der Waals surface area contributed by atoms with Crippen molar-refractivity contribution in [3.8, 4) is 39.3 Å². The number of pyridine rings is 1. The van der Waals surface area contributed by atoms with Gasteiger partial charge in [0, 0.05) is 27.3 Å². The van der Waals surface area contributed by atoms with E-state index < -0.39 is 0 Å². The second-order valence-electron chi connectivity index (χ2n) is 14.8. The van der Waals surface area contributed by atoms with Crippen LogP contribution in [-0.4, -0.2) is 9.55 Å². The van der Waals surface area contributed by atoms with Crippen LogP contribution in [0.25, 0.3) is 93.5 Å². The van der Waals surface area contributed by atoms with Gasteiger partial charge >= 0.3 is 0 Å². The van der Waals surface area contributed by atoms with Crippen LogP contribution in [0.4, 0.5) is 0 Å². The lowest BCUT2D eigenvalue weighted by atomic mass is 9.81. The predicted molar refractivity (Wildman–Crippen MR) is 220 cm³/mol. The topological polar surface area (TPSA) is 17.8 Å². The molecule has 0 fully saturated rings. The molecule has 0 bridgehead atoms. The molecule has 2 aromatic heterocycles. The average Bonchev–Trinajstić information content (AvgIpc) is 3.65. The van der Waals surface area contributed by atoms with Gasteiger partial charge in [0.15, 0.2) is 0 Å². The highest BCUT2D eigenvalue weighted by Crippen LogP contribution is 2.51. The maximum absolute atomic E-state index is 5.22. The molecule has 0 N–H and O–H groups in total. The van der Waals surface area contributed by atoms with Gasteiger partial charge in [-0.1, -0.05) is 141 Å². The van der Waals surface area contributed by atoms with Crippen molar-refractivity contribution < 1.29 is 0 Å². The smallest absolute Gasteiger partial charge is 0.0730 e. The Balaban J connectivity index is 1.27. The number of hydrogen-bond acceptors (Lipinski definition) is 1. The van der Waals surface area contributed by atoms with E-state index in [-0.39, 0.29) is 5.41 Å². The number of nitrogens with zero attached hydrogens (tertiary/aromatic N) is 2. The second-order valence-corrected chi connectivity index (χ2v) is 14.8. The maximum Gasteiger partial charge on any atom is 0.0730 e. The lowest BCUT2D eigenvalue weighted by molar-refractivity contribution is 0.661. The molecule has 10 aromatic rings. The van der Waals surface area contributed by atoms with Crippen LogP contribution in [0.2, 0.25) is 0 Å². The first-order valence-corrected chi connectivity index (χ1v) is 18.1. The number of benzene rings is 8. The second kappa shape index (κ2) is 10.7. The average molecular weight is 663 g/mol. The van der Waals surface area contributed by atoms with E-state index in [4.69, 9.17) is 4.98 Å². The van der Waals surface area contributed by atoms with E-state index in [0.717, 1.165) is 28.2 Å². The van der Waals surface area contributed by atoms with Crippen molar-refractivity contribution in [1.29, 1.82) is 0 Å². The molecule has 2 heteroatoms. The summed E-state index contributed by atoms with van der Waals surface area (Å²) in [5.74, 6) is 0. The van der Waals surface area contributed by atoms with Crippen molar-refractivity contribution in [2.24, 2.45) is 0 Å². The number of rotatable bonds is 3. The van der Waals surface area contributed by atoms with E-state index in [9.17, 15) is 0 Å². The maximum atomic E-state index is 5.22. The van der Waals surface area contributed by atoms with Gasteiger partial charge in [-0.2, -0.15) is 0 Å². The summed E-state index contributed by atoms with van der Waals surface area (Å²) in [7, 11) is 0. The SMILES string of the molecule is CC1(C)c2ccccc2-c2cc3c4ccccc4c4cc5c6ccccc6n(-c6cc(-c7ccccc7)nc(-c7ccccc7)c6)c5cc4c3cc21. The molecule has 0 radical (unpaired) electrons. The van der Waals surface area contributed by atoms with Gasteiger partial charge in [-0.05, 0) is 97.0 Å². The summed E-state index contributed by atoms with van der Waals surface area (Å²) in [6.07, 6.45) is 0. The third-order valence-electron chi connectivity index (χ3n) is 11.5. The van der Waals surface area contributed by atoms with Gasteiger partial charge < -0.3 is 4.57 Å². The molecule has 0 unspecified atom stereocenters. The molecule has 2 heterocycles. The number of fused-ring (bicyclic) bond motifs is 12. The van der Waals surface area contributed by atoms with Crippen LogP contribution in [0.5, 0.6) is 0 Å². The summed E-state index contributed by atoms with van der Waals surface area (Å²) in [5, 5.41) is 10.3. The molecule has 8 aromatic carbocycles. The van der Waals surface area contributed by atoms with Crippen molar-refractivity contribution >= 4 is 54.1 Å². The van der Waals surface area contributed by atoms with Crippen molar-refractivity contribution in [1.82, 2.24) is 9.55 Å². The Bertz CT molecular complexity index is 3020. The molecule has 1 aliphatic rings. The molecule has 0 amide bonds. The molecule has 0 atom stereocenters. The van der Waals surface area contributed by atoms with Crippen LogP contribution in [0.3, 0.4) is 0 Å². The predicted octanol–water partition coefficient (Wildman–Crippen LogP) is 13.3. The fourth-order valence-corrected chi connectivity index (χ4v) is 9.04. The Kier molecular flexibility index (Phi) is 6.04. The number of aromatic nitrogens is 2. The third-order valence-corrected chi connectivity index (χ3v) is 11.5. The zero-order valence-corrected chi connectivity index (χ0v) is 29.1. The van der Waals surface area contributed by atoms with Crippen molar-refractivity contribution in [3.05, 3.63) is 181 Å². The molecule has 0 saturated carbocycles. The summed E-state index contributed by atoms with van der Waals surface area (Å²) in [6, 6.07) is 62.2. The van der Waals surface area contributed by atoms with Gasteiger partial charge in [0.1, 0.15) is 0 Å². The Labute approximate surface area is 302 Å². The summed E-state index contributed by atoms with van der Waals surface area (Å²) >= 11 is 0. The standard InChI is InChI=1S/C50H34N2/c1-50(2)44-23-13-11-21-36(44)42-27-38-34-19-9-10-20-35(34)39-28-43-37-22-12-14-24-48(37)52(49(43)30-41(39)40(38)29-45(42)50)33-25-46(31-15-5-3-6-16-31)51-47(26-33)32-17-7-4-8-18-32/h3-30H,1-2H3. The van der Waals surface area contributed by atoms with Crippen LogP contribution in [0.1, 0.15) is 25.0 Å². The lowest BCUT2D eigenvalue weighted by Crippen LogP contribution is -2.14. The van der Waals surface area contributed by atoms with Gasteiger partial charge in [0.05, 0.1) is 28.1 Å². The van der Waals surface area contributed by atoms with Gasteiger partial charge in [0.25, 0.3) is 0 Å². The van der Waals surface area contributed by atoms with Crippen LogP contribution in [0, 0.1) is 0 Å². The molecular weight excluding hydrogens is 629 g/mol. The first kappa shape index (κ1) is 29.2. The van der Waals surface area contributed by atoms with Crippen LogP contribution >= 0.6 is 0 Å². The fraction of sp³-hybridized carbons (Fsp3) is 0.0600. The minimum Gasteiger partial charge on any atom is -0.309 e. The Hall–Kier alpha value is -6.51. The highest BCUT2D eigenvalue weighted by Gasteiger charge is 2.35. The van der Waals surface area contributed by atoms with Gasteiger partial charge in [-0.25, -0.2) is 4.98 Å². The van der Waals surface area contributed by atoms with Crippen LogP contribution in [0.15, 0.2) is 170 Å². The largest absolute Gasteiger partial charge is 0.309 e. The van der Waals surface area contributed by atoms with E-state index in [0.29, 0.717) is 0 Å². The summed E-state index contributed by atoms with van der Waals surface area (Å²) in [6.45, 7) is 4.75. The van der Waals surface area contributed by atoms with E-state index in [1.165, 1.54) is 76.4 Å². The highest BCUT2D eigenvalue weighted by atomic mass is 15.0. The fourth-order valence-electron chi connectivity index (χ4n) is 9.04. The van der Waals surface area contributed by atoms with E-state index in [1.807, 2.05) is 0 Å².